The number of unbranched alkanes of at least 4 members (excludes halogenated alkanes) is 32. The molecule has 0 fully saturated rings. The Bertz CT molecular complexity index is 1120. The second-order valence-electron chi connectivity index (χ2n) is 19.9. The molecular weight excluding hydrogens is 789 g/mol. The monoisotopic (exact) mass is 893 g/mol. The van der Waals surface area contributed by atoms with Crippen LogP contribution in [0.3, 0.4) is 0 Å². The second kappa shape index (κ2) is 44.3. The summed E-state index contributed by atoms with van der Waals surface area (Å²) in [5.41, 5.74) is 1.37. The maximum absolute atomic E-state index is 13.3. The molecule has 0 bridgehead atoms. The molecule has 2 unspecified atom stereocenters. The van der Waals surface area contributed by atoms with E-state index in [1.54, 1.807) is 9.80 Å². The molecule has 0 radical (unpaired) electrons. The molecule has 2 amide bonds. The van der Waals surface area contributed by atoms with Crippen molar-refractivity contribution >= 4 is 35.8 Å². The van der Waals surface area contributed by atoms with E-state index in [-0.39, 0.29) is 0 Å². The minimum absolute atomic E-state index is 0.328. The van der Waals surface area contributed by atoms with Crippen LogP contribution < -0.4 is 9.80 Å². The first-order valence-corrected chi connectivity index (χ1v) is 28.1. The minimum atomic E-state index is -0.514. The number of benzene rings is 1. The Morgan fingerprint density at radius 3 is 0.719 bits per heavy atom. The predicted octanol–water partition coefficient (Wildman–Crippen LogP) is 17.7. The van der Waals surface area contributed by atoms with E-state index in [1.165, 1.54) is 205 Å². The molecule has 6 nitrogen and oxygen atoms in total. The zero-order valence-electron chi connectivity index (χ0n) is 42.8. The summed E-state index contributed by atoms with van der Waals surface area (Å²) in [4.78, 5) is 54.1. The van der Waals surface area contributed by atoms with Gasteiger partial charge in [0.05, 0.1) is 0 Å². The third-order valence-corrected chi connectivity index (χ3v) is 14.0. The summed E-state index contributed by atoms with van der Waals surface area (Å²) in [5.74, 6) is -0.374. The SMILES string of the molecule is CCCCCCCCCCCCC(CCCCCCCCCC)CN(C(=O)C=O)c1ccc(N(CC(CCCCCCCCCC)CCCCCCCCCCCC)C(=O)C=O)cc1. The molecule has 6 heteroatoms. The molecule has 370 valence electrons. The summed E-state index contributed by atoms with van der Waals surface area (Å²) in [5, 5.41) is 0. The number of hydrogen-bond acceptors (Lipinski definition) is 4. The van der Waals surface area contributed by atoms with Gasteiger partial charge in [0.2, 0.25) is 12.6 Å². The first-order chi connectivity index (χ1) is 31.4. The fourth-order valence-electron chi connectivity index (χ4n) is 9.73. The van der Waals surface area contributed by atoms with Crippen LogP contribution in [-0.2, 0) is 19.2 Å². The Morgan fingerprint density at radius 1 is 0.344 bits per heavy atom. The summed E-state index contributed by atoms with van der Waals surface area (Å²) < 4.78 is 0. The first-order valence-electron chi connectivity index (χ1n) is 28.1. The molecule has 0 saturated carbocycles. The highest BCUT2D eigenvalue weighted by atomic mass is 16.2. The number of amides is 2. The molecular formula is C58H104N2O4. The Balaban J connectivity index is 3.04. The minimum Gasteiger partial charge on any atom is -0.306 e. The van der Waals surface area contributed by atoms with Gasteiger partial charge in [-0.1, -0.05) is 259 Å². The van der Waals surface area contributed by atoms with Gasteiger partial charge in [0.15, 0.2) is 0 Å². The third-order valence-electron chi connectivity index (χ3n) is 14.0. The number of anilines is 2. The number of hydrogen-bond donors (Lipinski definition) is 0. The number of nitrogens with zero attached hydrogens (tertiary/aromatic N) is 2. The van der Waals surface area contributed by atoms with E-state index in [9.17, 15) is 19.2 Å². The van der Waals surface area contributed by atoms with Crippen molar-refractivity contribution < 1.29 is 19.2 Å². The third kappa shape index (κ3) is 32.2. The average molecular weight is 893 g/mol. The Kier molecular flexibility index (Phi) is 41.2. The van der Waals surface area contributed by atoms with Crippen molar-refractivity contribution in [1.29, 1.82) is 0 Å². The largest absolute Gasteiger partial charge is 0.306 e. The van der Waals surface area contributed by atoms with Gasteiger partial charge in [-0.15, -0.1) is 0 Å². The second-order valence-corrected chi connectivity index (χ2v) is 19.9. The molecule has 0 saturated heterocycles. The summed E-state index contributed by atoms with van der Waals surface area (Å²) in [7, 11) is 0. The highest BCUT2D eigenvalue weighted by Gasteiger charge is 2.23. The van der Waals surface area contributed by atoms with Gasteiger partial charge >= 0.3 is 0 Å². The van der Waals surface area contributed by atoms with Gasteiger partial charge in [-0.05, 0) is 61.8 Å². The molecule has 0 N–H and O–H groups in total. The molecule has 0 aliphatic carbocycles. The van der Waals surface area contributed by atoms with E-state index in [1.807, 2.05) is 24.3 Å². The van der Waals surface area contributed by atoms with Crippen molar-refractivity contribution in [3.8, 4) is 0 Å². The van der Waals surface area contributed by atoms with Crippen molar-refractivity contribution in [3.63, 3.8) is 0 Å². The topological polar surface area (TPSA) is 74.8 Å². The quantitative estimate of drug-likeness (QED) is 0.0371. The van der Waals surface area contributed by atoms with E-state index in [0.29, 0.717) is 48.9 Å². The van der Waals surface area contributed by atoms with Crippen LogP contribution in [-0.4, -0.2) is 37.5 Å². The number of aldehydes is 2. The van der Waals surface area contributed by atoms with E-state index < -0.39 is 11.8 Å². The van der Waals surface area contributed by atoms with Crippen molar-refractivity contribution in [1.82, 2.24) is 0 Å². The fraction of sp³-hybridized carbons (Fsp3) is 0.828. The Morgan fingerprint density at radius 2 is 0.531 bits per heavy atom. The van der Waals surface area contributed by atoms with E-state index in [4.69, 9.17) is 0 Å². The molecule has 0 spiro atoms. The van der Waals surface area contributed by atoms with Crippen LogP contribution in [0, 0.1) is 11.8 Å². The van der Waals surface area contributed by atoms with E-state index in [2.05, 4.69) is 27.7 Å². The highest BCUT2D eigenvalue weighted by molar-refractivity contribution is 6.31. The smallest absolute Gasteiger partial charge is 0.291 e. The van der Waals surface area contributed by atoms with Gasteiger partial charge in [-0.25, -0.2) is 0 Å². The van der Waals surface area contributed by atoms with Crippen LogP contribution in [0.25, 0.3) is 0 Å². The molecule has 0 aliphatic heterocycles. The molecule has 2 atom stereocenters. The van der Waals surface area contributed by atoms with Crippen molar-refractivity contribution in [2.45, 2.75) is 285 Å². The zero-order chi connectivity index (χ0) is 46.6. The number of carbonyl (C=O) groups excluding carboxylic acids is 4. The molecule has 0 heterocycles. The van der Waals surface area contributed by atoms with Gasteiger partial charge in [0, 0.05) is 24.5 Å². The first kappa shape index (κ1) is 59.5. The lowest BCUT2D eigenvalue weighted by Gasteiger charge is -2.29. The van der Waals surface area contributed by atoms with Crippen molar-refractivity contribution in [3.05, 3.63) is 24.3 Å². The molecule has 1 rings (SSSR count). The van der Waals surface area contributed by atoms with Gasteiger partial charge in [-0.3, -0.25) is 19.2 Å². The average Bonchev–Trinajstić information content (AvgIpc) is 3.31. The number of carbonyl (C=O) groups is 4. The zero-order valence-corrected chi connectivity index (χ0v) is 42.8. The van der Waals surface area contributed by atoms with Gasteiger partial charge in [0.25, 0.3) is 11.8 Å². The molecule has 1 aromatic carbocycles. The van der Waals surface area contributed by atoms with Crippen LogP contribution in [0.15, 0.2) is 24.3 Å². The standard InChI is InChI=1S/C58H104N2O4/c1-5-9-13-17-21-25-27-31-35-39-43-53(41-37-33-29-23-19-15-11-7-3)49-59(57(63)51-61)55-45-47-56(48-46-55)60(58(64)52-62)50-54(42-38-34-30-24-20-16-12-8-4)44-40-36-32-28-26-22-18-14-10-6-2/h45-48,51-54H,5-44,49-50H2,1-4H3. The lowest BCUT2D eigenvalue weighted by molar-refractivity contribution is -0.129. The summed E-state index contributed by atoms with van der Waals surface area (Å²) in [6, 6.07) is 7.52. The van der Waals surface area contributed by atoms with Crippen LogP contribution in [0.5, 0.6) is 0 Å². The summed E-state index contributed by atoms with van der Waals surface area (Å²) in [6.07, 6.45) is 51.6. The van der Waals surface area contributed by atoms with Crippen LogP contribution in [0.2, 0.25) is 0 Å². The van der Waals surface area contributed by atoms with Gasteiger partial charge in [-0.2, -0.15) is 0 Å². The van der Waals surface area contributed by atoms with E-state index in [0.717, 1.165) is 51.4 Å². The van der Waals surface area contributed by atoms with Crippen LogP contribution in [0.1, 0.15) is 285 Å². The summed E-state index contributed by atoms with van der Waals surface area (Å²) >= 11 is 0. The lowest BCUT2D eigenvalue weighted by atomic mass is 9.93. The van der Waals surface area contributed by atoms with Crippen molar-refractivity contribution in [2.75, 3.05) is 22.9 Å². The van der Waals surface area contributed by atoms with Gasteiger partial charge < -0.3 is 9.80 Å². The maximum atomic E-state index is 13.3. The predicted molar refractivity (Wildman–Crippen MR) is 278 cm³/mol. The lowest BCUT2D eigenvalue weighted by Crippen LogP contribution is -2.37. The van der Waals surface area contributed by atoms with Crippen LogP contribution >= 0.6 is 0 Å². The van der Waals surface area contributed by atoms with Crippen LogP contribution in [0.4, 0.5) is 11.4 Å². The Labute approximate surface area is 397 Å². The Hall–Kier alpha value is -2.50. The van der Waals surface area contributed by atoms with E-state index >= 15 is 0 Å². The fourth-order valence-corrected chi connectivity index (χ4v) is 9.73. The maximum Gasteiger partial charge on any atom is 0.291 e. The normalized spacial score (nSPS) is 12.3. The highest BCUT2D eigenvalue weighted by Crippen LogP contribution is 2.28. The molecule has 1 aromatic rings. The van der Waals surface area contributed by atoms with Crippen molar-refractivity contribution in [2.24, 2.45) is 11.8 Å². The van der Waals surface area contributed by atoms with Gasteiger partial charge in [0.1, 0.15) is 0 Å². The molecule has 64 heavy (non-hydrogen) atoms. The number of rotatable bonds is 48. The molecule has 0 aromatic heterocycles. The summed E-state index contributed by atoms with van der Waals surface area (Å²) in [6.45, 7) is 10.1. The molecule has 0 aliphatic rings.